The predicted molar refractivity (Wildman–Crippen MR) is 121 cm³/mol. The van der Waals surface area contributed by atoms with Crippen molar-refractivity contribution in [3.8, 4) is 17.0 Å². The third kappa shape index (κ3) is 5.09. The quantitative estimate of drug-likeness (QED) is 0.300. The normalized spacial score (nSPS) is 10.9. The number of aryl methyl sites for hydroxylation is 1. The van der Waals surface area contributed by atoms with E-state index in [2.05, 4.69) is 34.6 Å². The Kier molecular flexibility index (Phi) is 5.98. The van der Waals surface area contributed by atoms with Gasteiger partial charge in [-0.05, 0) is 47.9 Å². The van der Waals surface area contributed by atoms with Gasteiger partial charge in [-0.15, -0.1) is 11.3 Å². The molecule has 4 nitrogen and oxygen atoms in total. The molecule has 0 saturated heterocycles. The fraction of sp³-hybridized carbons (Fsp3) is 0.0833. The first-order valence-electron chi connectivity index (χ1n) is 9.35. The molecule has 0 saturated carbocycles. The standard InChI is InChI=1S/C24H21N3OS/c1-18-7-5-6-10-21(18)16-28-22-13-11-19(12-14-22)15-25-27-24-26-23(17-29-24)20-8-3-2-4-9-20/h2-15,17H,16H2,1H3,(H,26,27)/b25-15+. The van der Waals surface area contributed by atoms with Crippen LogP contribution in [0.1, 0.15) is 16.7 Å². The second kappa shape index (κ2) is 9.17. The number of hydrogen-bond donors (Lipinski definition) is 1. The fourth-order valence-corrected chi connectivity index (χ4v) is 3.48. The third-order valence-electron chi connectivity index (χ3n) is 4.48. The molecule has 0 amide bonds. The number of aromatic nitrogens is 1. The number of rotatable bonds is 7. The zero-order chi connectivity index (χ0) is 19.9. The van der Waals surface area contributed by atoms with Crippen molar-refractivity contribution < 1.29 is 4.74 Å². The van der Waals surface area contributed by atoms with Gasteiger partial charge in [0.1, 0.15) is 12.4 Å². The molecule has 0 radical (unpaired) electrons. The van der Waals surface area contributed by atoms with Crippen LogP contribution in [-0.2, 0) is 6.61 Å². The Bertz CT molecular complexity index is 1090. The molecule has 144 valence electrons. The molecule has 1 heterocycles. The Morgan fingerprint density at radius 1 is 0.966 bits per heavy atom. The summed E-state index contributed by atoms with van der Waals surface area (Å²) in [7, 11) is 0. The Morgan fingerprint density at radius 2 is 1.72 bits per heavy atom. The molecule has 0 spiro atoms. The molecular weight excluding hydrogens is 378 g/mol. The minimum Gasteiger partial charge on any atom is -0.489 e. The van der Waals surface area contributed by atoms with Crippen LogP contribution in [0, 0.1) is 6.92 Å². The van der Waals surface area contributed by atoms with Crippen LogP contribution < -0.4 is 10.2 Å². The first-order valence-corrected chi connectivity index (χ1v) is 10.2. The lowest BCUT2D eigenvalue weighted by Crippen LogP contribution is -1.97. The molecule has 1 N–H and O–H groups in total. The largest absolute Gasteiger partial charge is 0.489 e. The van der Waals surface area contributed by atoms with E-state index in [1.54, 1.807) is 6.21 Å². The van der Waals surface area contributed by atoms with Crippen LogP contribution >= 0.6 is 11.3 Å². The maximum absolute atomic E-state index is 5.88. The molecular formula is C24H21N3OS. The van der Waals surface area contributed by atoms with Crippen molar-refractivity contribution in [2.45, 2.75) is 13.5 Å². The molecule has 4 aromatic rings. The number of ether oxygens (including phenoxy) is 1. The van der Waals surface area contributed by atoms with Crippen molar-refractivity contribution >= 4 is 22.7 Å². The highest BCUT2D eigenvalue weighted by Crippen LogP contribution is 2.24. The monoisotopic (exact) mass is 399 g/mol. The highest BCUT2D eigenvalue weighted by molar-refractivity contribution is 7.14. The van der Waals surface area contributed by atoms with Crippen LogP contribution in [0.4, 0.5) is 5.13 Å². The van der Waals surface area contributed by atoms with Gasteiger partial charge in [0.05, 0.1) is 11.9 Å². The topological polar surface area (TPSA) is 46.5 Å². The number of hydrazone groups is 1. The van der Waals surface area contributed by atoms with Crippen molar-refractivity contribution in [3.63, 3.8) is 0 Å². The molecule has 3 aromatic carbocycles. The lowest BCUT2D eigenvalue weighted by molar-refractivity contribution is 0.305. The molecule has 0 fully saturated rings. The van der Waals surface area contributed by atoms with E-state index in [1.807, 2.05) is 72.1 Å². The lowest BCUT2D eigenvalue weighted by atomic mass is 10.1. The average molecular weight is 400 g/mol. The van der Waals surface area contributed by atoms with Crippen LogP contribution in [0.2, 0.25) is 0 Å². The number of anilines is 1. The molecule has 1 aromatic heterocycles. The van der Waals surface area contributed by atoms with Gasteiger partial charge in [0, 0.05) is 10.9 Å². The van der Waals surface area contributed by atoms with Crippen molar-refractivity contribution in [1.29, 1.82) is 0 Å². The van der Waals surface area contributed by atoms with Crippen molar-refractivity contribution in [1.82, 2.24) is 4.98 Å². The molecule has 29 heavy (non-hydrogen) atoms. The zero-order valence-electron chi connectivity index (χ0n) is 16.1. The maximum atomic E-state index is 5.88. The first kappa shape index (κ1) is 18.9. The van der Waals surface area contributed by atoms with Gasteiger partial charge in [-0.25, -0.2) is 4.98 Å². The number of nitrogens with one attached hydrogen (secondary N) is 1. The summed E-state index contributed by atoms with van der Waals surface area (Å²) in [6.07, 6.45) is 1.77. The van der Waals surface area contributed by atoms with Gasteiger partial charge in [-0.1, -0.05) is 54.6 Å². The molecule has 0 bridgehead atoms. The number of benzene rings is 3. The first-order chi connectivity index (χ1) is 14.3. The summed E-state index contributed by atoms with van der Waals surface area (Å²) >= 11 is 1.53. The molecule has 0 aliphatic carbocycles. The number of hydrogen-bond acceptors (Lipinski definition) is 5. The molecule has 0 unspecified atom stereocenters. The van der Waals surface area contributed by atoms with Gasteiger partial charge < -0.3 is 4.74 Å². The van der Waals surface area contributed by atoms with E-state index in [4.69, 9.17) is 4.74 Å². The number of nitrogens with zero attached hydrogens (tertiary/aromatic N) is 2. The van der Waals surface area contributed by atoms with E-state index in [9.17, 15) is 0 Å². The van der Waals surface area contributed by atoms with E-state index in [1.165, 1.54) is 22.5 Å². The van der Waals surface area contributed by atoms with Crippen molar-refractivity contribution in [3.05, 3.63) is 101 Å². The lowest BCUT2D eigenvalue weighted by Gasteiger charge is -2.08. The van der Waals surface area contributed by atoms with Crippen molar-refractivity contribution in [2.75, 3.05) is 5.43 Å². The summed E-state index contributed by atoms with van der Waals surface area (Å²) < 4.78 is 5.88. The van der Waals surface area contributed by atoms with Gasteiger partial charge in [-0.2, -0.15) is 5.10 Å². The third-order valence-corrected chi connectivity index (χ3v) is 5.23. The van der Waals surface area contributed by atoms with E-state index in [0.717, 1.165) is 27.7 Å². The SMILES string of the molecule is Cc1ccccc1COc1ccc(/C=N/Nc2nc(-c3ccccc3)cs2)cc1. The fourth-order valence-electron chi connectivity index (χ4n) is 2.81. The second-order valence-electron chi connectivity index (χ2n) is 6.56. The van der Waals surface area contributed by atoms with E-state index in [0.29, 0.717) is 6.61 Å². The van der Waals surface area contributed by atoms with Gasteiger partial charge in [0.15, 0.2) is 0 Å². The Labute approximate surface area is 174 Å². The summed E-state index contributed by atoms with van der Waals surface area (Å²) in [6, 6.07) is 26.2. The highest BCUT2D eigenvalue weighted by atomic mass is 32.1. The summed E-state index contributed by atoms with van der Waals surface area (Å²) in [5, 5.41) is 7.07. The van der Waals surface area contributed by atoms with E-state index < -0.39 is 0 Å². The molecule has 4 rings (SSSR count). The molecule has 0 atom stereocenters. The minimum absolute atomic E-state index is 0.565. The van der Waals surface area contributed by atoms with Gasteiger partial charge in [0.25, 0.3) is 0 Å². The Morgan fingerprint density at radius 3 is 2.52 bits per heavy atom. The van der Waals surface area contributed by atoms with Crippen LogP contribution in [0.25, 0.3) is 11.3 Å². The smallest absolute Gasteiger partial charge is 0.203 e. The summed E-state index contributed by atoms with van der Waals surface area (Å²) in [6.45, 7) is 2.66. The minimum atomic E-state index is 0.565. The summed E-state index contributed by atoms with van der Waals surface area (Å²) in [4.78, 5) is 4.56. The van der Waals surface area contributed by atoms with Crippen LogP contribution in [0.15, 0.2) is 89.3 Å². The molecule has 0 aliphatic heterocycles. The van der Waals surface area contributed by atoms with E-state index >= 15 is 0 Å². The van der Waals surface area contributed by atoms with Crippen molar-refractivity contribution in [2.24, 2.45) is 5.10 Å². The van der Waals surface area contributed by atoms with Gasteiger partial charge >= 0.3 is 0 Å². The zero-order valence-corrected chi connectivity index (χ0v) is 16.9. The molecule has 0 aliphatic rings. The predicted octanol–water partition coefficient (Wildman–Crippen LogP) is 6.14. The molecule has 5 heteroatoms. The van der Waals surface area contributed by atoms with E-state index in [-0.39, 0.29) is 0 Å². The summed E-state index contributed by atoms with van der Waals surface area (Å²) in [5.41, 5.74) is 8.46. The van der Waals surface area contributed by atoms with Crippen LogP contribution in [-0.4, -0.2) is 11.2 Å². The summed E-state index contributed by atoms with van der Waals surface area (Å²) in [5.74, 6) is 0.839. The highest BCUT2D eigenvalue weighted by Gasteiger charge is 2.03. The second-order valence-corrected chi connectivity index (χ2v) is 7.42. The Balaban J connectivity index is 1.31. The maximum Gasteiger partial charge on any atom is 0.203 e. The van der Waals surface area contributed by atoms with Gasteiger partial charge in [0.2, 0.25) is 5.13 Å². The number of thiazole rings is 1. The Hall–Kier alpha value is -3.44. The van der Waals surface area contributed by atoms with Crippen LogP contribution in [0.5, 0.6) is 5.75 Å². The van der Waals surface area contributed by atoms with Gasteiger partial charge in [-0.3, -0.25) is 5.43 Å². The average Bonchev–Trinajstić information content (AvgIpc) is 3.24. The van der Waals surface area contributed by atoms with Crippen LogP contribution in [0.3, 0.4) is 0 Å².